The first kappa shape index (κ1) is 28.8. The van der Waals surface area contributed by atoms with Gasteiger partial charge in [-0.1, -0.05) is 12.1 Å². The summed E-state index contributed by atoms with van der Waals surface area (Å²) in [6, 6.07) is 16.5. The van der Waals surface area contributed by atoms with Crippen LogP contribution >= 0.6 is 0 Å². The average molecular weight is 603 g/mol. The second kappa shape index (κ2) is 11.4. The molecule has 1 aliphatic heterocycles. The number of benzene rings is 3. The molecule has 0 radical (unpaired) electrons. The Labute approximate surface area is 247 Å². The number of aromatic nitrogens is 3. The van der Waals surface area contributed by atoms with E-state index in [1.54, 1.807) is 0 Å². The van der Waals surface area contributed by atoms with E-state index < -0.39 is 29.1 Å². The third-order valence-electron chi connectivity index (χ3n) is 7.28. The zero-order valence-corrected chi connectivity index (χ0v) is 22.9. The zero-order valence-electron chi connectivity index (χ0n) is 22.9. The SMILES string of the molecule is N#Cc1ccc(COc2cccc(-c3cc(F)c(Cc4nc5ccc(C(=O)O)cc5n4CC4(F)COC4)cc3F)n2)c(F)c1. The third-order valence-corrected chi connectivity index (χ3v) is 7.28. The van der Waals surface area contributed by atoms with Crippen LogP contribution in [-0.2, 0) is 24.3 Å². The largest absolute Gasteiger partial charge is 0.478 e. The number of hydrogen-bond acceptors (Lipinski definition) is 6. The van der Waals surface area contributed by atoms with Gasteiger partial charge in [-0.25, -0.2) is 32.3 Å². The monoisotopic (exact) mass is 602 g/mol. The Bertz CT molecular complexity index is 1970. The Morgan fingerprint density at radius 3 is 2.50 bits per heavy atom. The lowest BCUT2D eigenvalue weighted by Crippen LogP contribution is -2.49. The van der Waals surface area contributed by atoms with E-state index in [1.807, 2.05) is 6.07 Å². The van der Waals surface area contributed by atoms with Gasteiger partial charge in [-0.05, 0) is 54.1 Å². The maximum Gasteiger partial charge on any atom is 0.335 e. The van der Waals surface area contributed by atoms with E-state index in [0.717, 1.165) is 18.2 Å². The van der Waals surface area contributed by atoms with Gasteiger partial charge in [0, 0.05) is 23.6 Å². The van der Waals surface area contributed by atoms with Crippen LogP contribution < -0.4 is 4.74 Å². The van der Waals surface area contributed by atoms with Crippen molar-refractivity contribution in [1.82, 2.24) is 14.5 Å². The first-order valence-corrected chi connectivity index (χ1v) is 13.4. The molecule has 3 aromatic carbocycles. The van der Waals surface area contributed by atoms with Crippen molar-refractivity contribution in [1.29, 1.82) is 5.26 Å². The van der Waals surface area contributed by atoms with Gasteiger partial charge in [0.05, 0.1) is 53.7 Å². The van der Waals surface area contributed by atoms with Crippen molar-refractivity contribution in [2.24, 2.45) is 0 Å². The molecular weight excluding hydrogens is 580 g/mol. The molecule has 0 bridgehead atoms. The van der Waals surface area contributed by atoms with Gasteiger partial charge < -0.3 is 19.1 Å². The highest BCUT2D eigenvalue weighted by Crippen LogP contribution is 2.31. The van der Waals surface area contributed by atoms with Crippen LogP contribution in [0.3, 0.4) is 0 Å². The second-order valence-electron chi connectivity index (χ2n) is 10.4. The second-order valence-corrected chi connectivity index (χ2v) is 10.4. The average Bonchev–Trinajstić information content (AvgIpc) is 3.33. The molecule has 0 saturated carbocycles. The topological polar surface area (TPSA) is 110 Å². The normalized spacial score (nSPS) is 13.8. The minimum absolute atomic E-state index is 0.0229. The van der Waals surface area contributed by atoms with Gasteiger partial charge >= 0.3 is 5.97 Å². The summed E-state index contributed by atoms with van der Waals surface area (Å²) in [5.74, 6) is -3.07. The summed E-state index contributed by atoms with van der Waals surface area (Å²) >= 11 is 0. The van der Waals surface area contributed by atoms with Crippen LogP contribution in [0.1, 0.15) is 32.9 Å². The molecule has 6 rings (SSSR count). The molecule has 1 N–H and O–H groups in total. The van der Waals surface area contributed by atoms with Crippen molar-refractivity contribution < 1.29 is 36.9 Å². The lowest BCUT2D eigenvalue weighted by atomic mass is 10.0. The predicted molar refractivity (Wildman–Crippen MR) is 149 cm³/mol. The summed E-state index contributed by atoms with van der Waals surface area (Å²) < 4.78 is 72.3. The number of fused-ring (bicyclic) bond motifs is 1. The molecule has 1 saturated heterocycles. The Morgan fingerprint density at radius 1 is 1.00 bits per heavy atom. The first-order chi connectivity index (χ1) is 21.1. The quantitative estimate of drug-likeness (QED) is 0.206. The number of halogens is 4. The Hall–Kier alpha value is -5.28. The number of hydrogen-bond donors (Lipinski definition) is 1. The number of ether oxygens (including phenoxy) is 2. The Morgan fingerprint density at radius 2 is 1.80 bits per heavy atom. The molecule has 222 valence electrons. The fraction of sp³-hybridized carbons (Fsp3) is 0.188. The molecule has 0 spiro atoms. The van der Waals surface area contributed by atoms with E-state index in [2.05, 4.69) is 9.97 Å². The predicted octanol–water partition coefficient (Wildman–Crippen LogP) is 5.99. The van der Waals surface area contributed by atoms with Gasteiger partial charge in [-0.2, -0.15) is 5.26 Å². The number of carbonyl (C=O) groups is 1. The summed E-state index contributed by atoms with van der Waals surface area (Å²) in [5, 5.41) is 18.3. The number of carboxylic acids is 1. The summed E-state index contributed by atoms with van der Waals surface area (Å²) in [7, 11) is 0. The van der Waals surface area contributed by atoms with Gasteiger partial charge in [-0.3, -0.25) is 0 Å². The summed E-state index contributed by atoms with van der Waals surface area (Å²) in [4.78, 5) is 20.3. The third kappa shape index (κ3) is 5.69. The van der Waals surface area contributed by atoms with Crippen LogP contribution in [0.2, 0.25) is 0 Å². The molecule has 0 amide bonds. The minimum Gasteiger partial charge on any atom is -0.478 e. The summed E-state index contributed by atoms with van der Waals surface area (Å²) in [6.45, 7) is -0.709. The molecule has 2 aromatic heterocycles. The molecule has 1 aliphatic rings. The fourth-order valence-electron chi connectivity index (χ4n) is 4.94. The number of pyridine rings is 1. The molecule has 3 heterocycles. The number of imidazole rings is 1. The van der Waals surface area contributed by atoms with Crippen LogP contribution in [0.25, 0.3) is 22.3 Å². The molecular formula is C32H22F4N4O4. The maximum atomic E-state index is 15.5. The number of nitriles is 1. The summed E-state index contributed by atoms with van der Waals surface area (Å²) in [6.07, 6.45) is -0.205. The number of alkyl halides is 1. The van der Waals surface area contributed by atoms with Crippen LogP contribution in [0.5, 0.6) is 5.88 Å². The zero-order chi connectivity index (χ0) is 31.0. The van der Waals surface area contributed by atoms with Gasteiger partial charge in [0.15, 0.2) is 5.67 Å². The highest BCUT2D eigenvalue weighted by atomic mass is 19.1. The standard InChI is InChI=1S/C32H22F4N4O4/c33-23-8-18(13-37)4-5-20(23)14-44-30-3-1-2-26(39-30)22-12-24(34)21(9-25(22)35)11-29-38-27-7-6-19(31(41)42)10-28(27)40(29)15-32(36)16-43-17-32/h1-10,12H,11,14-17H2,(H,41,42). The van der Waals surface area contributed by atoms with Gasteiger partial charge in [0.2, 0.25) is 5.88 Å². The molecule has 12 heteroatoms. The fourth-order valence-corrected chi connectivity index (χ4v) is 4.94. The van der Waals surface area contributed by atoms with Crippen LogP contribution in [0, 0.1) is 28.8 Å². The Kier molecular flexibility index (Phi) is 7.48. The van der Waals surface area contributed by atoms with E-state index in [4.69, 9.17) is 14.7 Å². The number of carboxylic acid groups (broad SMARTS) is 1. The number of nitrogens with zero attached hydrogens (tertiary/aromatic N) is 4. The molecule has 44 heavy (non-hydrogen) atoms. The van der Waals surface area contributed by atoms with Crippen molar-refractivity contribution in [2.45, 2.75) is 25.2 Å². The number of aromatic carboxylic acids is 1. The lowest BCUT2D eigenvalue weighted by molar-refractivity contribution is -0.137. The van der Waals surface area contributed by atoms with Gasteiger partial charge in [0.25, 0.3) is 0 Å². The van der Waals surface area contributed by atoms with E-state index in [9.17, 15) is 14.3 Å². The first-order valence-electron chi connectivity index (χ1n) is 13.4. The highest BCUT2D eigenvalue weighted by molar-refractivity contribution is 5.92. The van der Waals surface area contributed by atoms with Crippen LogP contribution in [-0.4, -0.2) is 44.5 Å². The van der Waals surface area contributed by atoms with Crippen molar-refractivity contribution in [3.05, 3.63) is 112 Å². The molecule has 1 fully saturated rings. The van der Waals surface area contributed by atoms with E-state index >= 15 is 13.2 Å². The van der Waals surface area contributed by atoms with E-state index in [1.165, 1.54) is 53.1 Å². The van der Waals surface area contributed by atoms with E-state index in [-0.39, 0.29) is 78.0 Å². The highest BCUT2D eigenvalue weighted by Gasteiger charge is 2.40. The lowest BCUT2D eigenvalue weighted by Gasteiger charge is -2.34. The van der Waals surface area contributed by atoms with Crippen molar-refractivity contribution in [3.8, 4) is 23.2 Å². The molecule has 8 nitrogen and oxygen atoms in total. The Balaban J connectivity index is 1.27. The molecule has 0 atom stereocenters. The number of rotatable bonds is 9. The molecule has 5 aromatic rings. The smallest absolute Gasteiger partial charge is 0.335 e. The van der Waals surface area contributed by atoms with Gasteiger partial charge in [-0.15, -0.1) is 0 Å². The van der Waals surface area contributed by atoms with Crippen molar-refractivity contribution in [3.63, 3.8) is 0 Å². The van der Waals surface area contributed by atoms with Crippen molar-refractivity contribution >= 4 is 17.0 Å². The molecule has 0 aliphatic carbocycles. The summed E-state index contributed by atoms with van der Waals surface area (Å²) in [5.41, 5.74) is -0.772. The van der Waals surface area contributed by atoms with Crippen LogP contribution in [0.15, 0.2) is 66.7 Å². The van der Waals surface area contributed by atoms with E-state index in [0.29, 0.717) is 11.0 Å². The van der Waals surface area contributed by atoms with Crippen LogP contribution in [0.4, 0.5) is 17.6 Å². The van der Waals surface area contributed by atoms with Crippen molar-refractivity contribution in [2.75, 3.05) is 13.2 Å². The van der Waals surface area contributed by atoms with Gasteiger partial charge in [0.1, 0.15) is 29.9 Å². The molecule has 0 unspecified atom stereocenters. The minimum atomic E-state index is -1.71. The maximum absolute atomic E-state index is 15.5.